The fraction of sp³-hybridized carbons (Fsp3) is 0.304. The molecule has 3 rings (SSSR count). The van der Waals surface area contributed by atoms with E-state index in [9.17, 15) is 0 Å². The lowest BCUT2D eigenvalue weighted by Gasteiger charge is -2.26. The third kappa shape index (κ3) is 5.46. The van der Waals surface area contributed by atoms with E-state index in [0.717, 1.165) is 24.6 Å². The Morgan fingerprint density at radius 1 is 0.964 bits per heavy atom. The highest BCUT2D eigenvalue weighted by Gasteiger charge is 2.20. The summed E-state index contributed by atoms with van der Waals surface area (Å²) in [6, 6.07) is 20.9. The Balaban J connectivity index is 1.50. The van der Waals surface area contributed by atoms with Crippen molar-refractivity contribution < 1.29 is 0 Å². The molecule has 3 aromatic rings. The van der Waals surface area contributed by atoms with Gasteiger partial charge in [0.2, 0.25) is 0 Å². The molecule has 2 N–H and O–H groups in total. The lowest BCUT2D eigenvalue weighted by Crippen LogP contribution is -2.43. The number of nitrogens with zero attached hydrogens (tertiary/aromatic N) is 3. The Labute approximate surface area is 167 Å². The lowest BCUT2D eigenvalue weighted by molar-refractivity contribution is 0.508. The summed E-state index contributed by atoms with van der Waals surface area (Å²) in [6.45, 7) is 6.72. The minimum atomic E-state index is 0.0133. The zero-order chi connectivity index (χ0) is 19.8. The molecule has 0 aliphatic rings. The highest BCUT2D eigenvalue weighted by molar-refractivity contribution is 5.79. The van der Waals surface area contributed by atoms with E-state index in [0.29, 0.717) is 6.54 Å². The van der Waals surface area contributed by atoms with Crippen LogP contribution in [-0.4, -0.2) is 29.3 Å². The number of hydrogen-bond donors (Lipinski definition) is 2. The number of rotatable bonds is 7. The van der Waals surface area contributed by atoms with Crippen LogP contribution in [0.4, 0.5) is 0 Å². The molecule has 0 saturated heterocycles. The van der Waals surface area contributed by atoms with Crippen LogP contribution in [0, 0.1) is 0 Å². The van der Waals surface area contributed by atoms with E-state index in [4.69, 9.17) is 0 Å². The first-order valence-electron chi connectivity index (χ1n) is 9.62. The van der Waals surface area contributed by atoms with Gasteiger partial charge in [0.15, 0.2) is 5.96 Å². The maximum Gasteiger partial charge on any atom is 0.191 e. The van der Waals surface area contributed by atoms with Crippen LogP contribution >= 0.6 is 0 Å². The monoisotopic (exact) mass is 375 g/mol. The van der Waals surface area contributed by atoms with Crippen LogP contribution in [0.15, 0.2) is 78.0 Å². The summed E-state index contributed by atoms with van der Waals surface area (Å²) in [5, 5.41) is 11.3. The van der Waals surface area contributed by atoms with Crippen molar-refractivity contribution in [2.75, 3.05) is 13.6 Å². The molecule has 0 saturated carbocycles. The highest BCUT2D eigenvalue weighted by atomic mass is 15.3. The van der Waals surface area contributed by atoms with E-state index in [1.807, 2.05) is 35.1 Å². The van der Waals surface area contributed by atoms with Crippen LogP contribution in [0.1, 0.15) is 30.5 Å². The van der Waals surface area contributed by atoms with E-state index >= 15 is 0 Å². The lowest BCUT2D eigenvalue weighted by atomic mass is 9.85. The fourth-order valence-corrected chi connectivity index (χ4v) is 3.06. The van der Waals surface area contributed by atoms with E-state index < -0.39 is 0 Å². The van der Waals surface area contributed by atoms with Gasteiger partial charge >= 0.3 is 0 Å². The maximum atomic E-state index is 4.46. The second-order valence-corrected chi connectivity index (χ2v) is 7.56. The Morgan fingerprint density at radius 3 is 2.32 bits per heavy atom. The summed E-state index contributed by atoms with van der Waals surface area (Å²) < 4.78 is 1.96. The van der Waals surface area contributed by atoms with Crippen molar-refractivity contribution in [1.82, 2.24) is 20.4 Å². The standard InChI is InChI=1S/C23H29N5/c1-23(2,21-12-8-5-9-13-21)18-26-22(24-3)25-14-20-15-27-28(17-20)16-19-10-6-4-7-11-19/h4-13,15,17H,14,16,18H2,1-3H3,(H2,24,25,26). The number of aromatic nitrogens is 2. The van der Waals surface area contributed by atoms with Crippen LogP contribution in [-0.2, 0) is 18.5 Å². The number of benzene rings is 2. The summed E-state index contributed by atoms with van der Waals surface area (Å²) in [7, 11) is 1.80. The molecule has 0 radical (unpaired) electrons. The van der Waals surface area contributed by atoms with Gasteiger partial charge in [-0.05, 0) is 11.1 Å². The average Bonchev–Trinajstić information content (AvgIpc) is 3.17. The van der Waals surface area contributed by atoms with Gasteiger partial charge < -0.3 is 10.6 Å². The molecule has 0 fully saturated rings. The minimum Gasteiger partial charge on any atom is -0.356 e. The van der Waals surface area contributed by atoms with Gasteiger partial charge in [0, 0.05) is 37.3 Å². The van der Waals surface area contributed by atoms with E-state index in [-0.39, 0.29) is 5.41 Å². The van der Waals surface area contributed by atoms with E-state index in [1.54, 1.807) is 7.05 Å². The van der Waals surface area contributed by atoms with Crippen LogP contribution in [0.25, 0.3) is 0 Å². The van der Waals surface area contributed by atoms with Crippen molar-refractivity contribution in [3.8, 4) is 0 Å². The van der Waals surface area contributed by atoms with Crippen molar-refractivity contribution in [2.45, 2.75) is 32.4 Å². The SMILES string of the molecule is CN=C(NCc1cnn(Cc2ccccc2)c1)NCC(C)(C)c1ccccc1. The van der Waals surface area contributed by atoms with Crippen molar-refractivity contribution in [3.63, 3.8) is 0 Å². The molecular formula is C23H29N5. The van der Waals surface area contributed by atoms with Crippen molar-refractivity contribution in [3.05, 3.63) is 89.7 Å². The Bertz CT molecular complexity index is 882. The molecule has 28 heavy (non-hydrogen) atoms. The van der Waals surface area contributed by atoms with E-state index in [2.05, 4.69) is 77.2 Å². The first-order valence-corrected chi connectivity index (χ1v) is 9.62. The summed E-state index contributed by atoms with van der Waals surface area (Å²) in [4.78, 5) is 4.34. The topological polar surface area (TPSA) is 54.2 Å². The molecule has 0 aliphatic heterocycles. The summed E-state index contributed by atoms with van der Waals surface area (Å²) in [5.41, 5.74) is 3.69. The van der Waals surface area contributed by atoms with Crippen LogP contribution < -0.4 is 10.6 Å². The van der Waals surface area contributed by atoms with Crippen molar-refractivity contribution in [1.29, 1.82) is 0 Å². The predicted octanol–water partition coefficient (Wildman–Crippen LogP) is 3.57. The maximum absolute atomic E-state index is 4.46. The van der Waals surface area contributed by atoms with Gasteiger partial charge in [-0.3, -0.25) is 9.67 Å². The third-order valence-corrected chi connectivity index (χ3v) is 4.81. The fourth-order valence-electron chi connectivity index (χ4n) is 3.06. The average molecular weight is 376 g/mol. The molecule has 0 bridgehead atoms. The third-order valence-electron chi connectivity index (χ3n) is 4.81. The van der Waals surface area contributed by atoms with Gasteiger partial charge in [0.05, 0.1) is 12.7 Å². The molecule has 5 heteroatoms. The predicted molar refractivity (Wildman–Crippen MR) is 115 cm³/mol. The van der Waals surface area contributed by atoms with Gasteiger partial charge in [0.25, 0.3) is 0 Å². The van der Waals surface area contributed by atoms with Crippen LogP contribution in [0.5, 0.6) is 0 Å². The van der Waals surface area contributed by atoms with Crippen molar-refractivity contribution in [2.24, 2.45) is 4.99 Å². The Morgan fingerprint density at radius 2 is 1.64 bits per heavy atom. The van der Waals surface area contributed by atoms with E-state index in [1.165, 1.54) is 11.1 Å². The van der Waals surface area contributed by atoms with Crippen LogP contribution in [0.2, 0.25) is 0 Å². The van der Waals surface area contributed by atoms with Gasteiger partial charge in [-0.15, -0.1) is 0 Å². The van der Waals surface area contributed by atoms with Gasteiger partial charge in [0.1, 0.15) is 0 Å². The van der Waals surface area contributed by atoms with Gasteiger partial charge in [-0.1, -0.05) is 74.5 Å². The molecule has 146 valence electrons. The minimum absolute atomic E-state index is 0.0133. The molecule has 0 unspecified atom stereocenters. The Hall–Kier alpha value is -3.08. The number of nitrogens with one attached hydrogen (secondary N) is 2. The molecule has 1 heterocycles. The molecule has 0 spiro atoms. The summed E-state index contributed by atoms with van der Waals surface area (Å²) in [6.07, 6.45) is 3.97. The second kappa shape index (κ2) is 9.22. The highest BCUT2D eigenvalue weighted by Crippen LogP contribution is 2.21. The zero-order valence-electron chi connectivity index (χ0n) is 16.9. The number of guanidine groups is 1. The Kier molecular flexibility index (Phi) is 6.48. The van der Waals surface area contributed by atoms with Gasteiger partial charge in [-0.2, -0.15) is 5.10 Å². The smallest absolute Gasteiger partial charge is 0.191 e. The first kappa shape index (κ1) is 19.7. The number of hydrogen-bond acceptors (Lipinski definition) is 2. The number of aliphatic imine (C=N–C) groups is 1. The molecule has 5 nitrogen and oxygen atoms in total. The normalized spacial score (nSPS) is 12.0. The molecular weight excluding hydrogens is 346 g/mol. The summed E-state index contributed by atoms with van der Waals surface area (Å²) in [5.74, 6) is 0.791. The summed E-state index contributed by atoms with van der Waals surface area (Å²) >= 11 is 0. The molecule has 1 aromatic heterocycles. The van der Waals surface area contributed by atoms with Gasteiger partial charge in [-0.25, -0.2) is 0 Å². The van der Waals surface area contributed by atoms with Crippen LogP contribution in [0.3, 0.4) is 0 Å². The zero-order valence-corrected chi connectivity index (χ0v) is 16.9. The largest absolute Gasteiger partial charge is 0.356 e. The molecule has 0 atom stereocenters. The first-order chi connectivity index (χ1) is 13.6. The molecule has 0 aliphatic carbocycles. The molecule has 0 amide bonds. The second-order valence-electron chi connectivity index (χ2n) is 7.56. The van der Waals surface area contributed by atoms with Crippen molar-refractivity contribution >= 4 is 5.96 Å². The quantitative estimate of drug-likeness (QED) is 0.490. The molecule has 2 aromatic carbocycles.